The molecule has 1 saturated carbocycles. The molecule has 0 saturated heterocycles. The van der Waals surface area contributed by atoms with E-state index in [2.05, 4.69) is 44.3 Å². The smallest absolute Gasteiger partial charge is 0.125 e. The number of fused-ring (bicyclic) bond motifs is 1. The molecule has 0 amide bonds. The highest BCUT2D eigenvalue weighted by Gasteiger charge is 2.42. The van der Waals surface area contributed by atoms with E-state index < -0.39 is 0 Å². The fourth-order valence-corrected chi connectivity index (χ4v) is 3.66. The summed E-state index contributed by atoms with van der Waals surface area (Å²) < 4.78 is 6.46. The molecule has 1 heterocycles. The van der Waals surface area contributed by atoms with Crippen LogP contribution in [-0.2, 0) is 0 Å². The summed E-state index contributed by atoms with van der Waals surface area (Å²) in [6, 6.07) is 7.14. The summed E-state index contributed by atoms with van der Waals surface area (Å²) >= 11 is 0. The topological polar surface area (TPSA) is 21.3 Å². The number of nitrogens with one attached hydrogen (secondary N) is 1. The van der Waals surface area contributed by atoms with Crippen LogP contribution >= 0.6 is 0 Å². The van der Waals surface area contributed by atoms with E-state index in [1.807, 2.05) is 0 Å². The van der Waals surface area contributed by atoms with E-state index >= 15 is 0 Å². The first kappa shape index (κ1) is 13.9. The van der Waals surface area contributed by atoms with Crippen molar-refractivity contribution in [3.05, 3.63) is 29.3 Å². The fraction of sp³-hybridized carbons (Fsp3) is 0.667. The first-order valence-electron chi connectivity index (χ1n) is 8.11. The average Bonchev–Trinajstić information content (AvgIpc) is 2.83. The average molecular weight is 273 g/mol. The zero-order chi connectivity index (χ0) is 14.2. The van der Waals surface area contributed by atoms with Gasteiger partial charge in [0.1, 0.15) is 11.4 Å². The molecule has 0 radical (unpaired) electrons. The van der Waals surface area contributed by atoms with Crippen LogP contribution in [0, 0.1) is 12.8 Å². The molecule has 1 aromatic rings. The lowest BCUT2D eigenvalue weighted by Crippen LogP contribution is -2.42. The molecule has 0 bridgehead atoms. The minimum Gasteiger partial charge on any atom is -0.487 e. The van der Waals surface area contributed by atoms with Gasteiger partial charge in [-0.2, -0.15) is 0 Å². The molecule has 1 atom stereocenters. The second kappa shape index (κ2) is 5.40. The van der Waals surface area contributed by atoms with Crippen LogP contribution in [0.1, 0.15) is 63.1 Å². The van der Waals surface area contributed by atoms with E-state index in [1.54, 1.807) is 0 Å². The van der Waals surface area contributed by atoms with Crippen molar-refractivity contribution in [1.82, 2.24) is 5.32 Å². The number of benzene rings is 1. The highest BCUT2D eigenvalue weighted by Crippen LogP contribution is 2.47. The summed E-state index contributed by atoms with van der Waals surface area (Å²) in [6.45, 7) is 7.77. The molecule has 1 spiro atoms. The van der Waals surface area contributed by atoms with E-state index in [1.165, 1.54) is 36.8 Å². The second-order valence-electron chi connectivity index (χ2n) is 7.09. The highest BCUT2D eigenvalue weighted by atomic mass is 16.5. The molecular formula is C18H27NO. The third-order valence-electron chi connectivity index (χ3n) is 4.73. The first-order valence-corrected chi connectivity index (χ1v) is 8.11. The Bertz CT molecular complexity index is 474. The first-order chi connectivity index (χ1) is 9.58. The Kier molecular flexibility index (Phi) is 3.76. The SMILES string of the molecule is Cc1ccc2c(c1)OC1(CCCC1)CC2NCC(C)C. The Balaban J connectivity index is 1.88. The number of aryl methyl sites for hydroxylation is 1. The molecule has 2 heteroatoms. The molecule has 1 aliphatic carbocycles. The Morgan fingerprint density at radius 3 is 2.75 bits per heavy atom. The monoisotopic (exact) mass is 273 g/mol. The van der Waals surface area contributed by atoms with E-state index in [0.717, 1.165) is 18.7 Å². The minimum atomic E-state index is 0.107. The van der Waals surface area contributed by atoms with E-state index in [-0.39, 0.29) is 5.60 Å². The molecule has 2 nitrogen and oxygen atoms in total. The Morgan fingerprint density at radius 1 is 1.30 bits per heavy atom. The zero-order valence-electron chi connectivity index (χ0n) is 13.0. The van der Waals surface area contributed by atoms with Gasteiger partial charge in [0, 0.05) is 18.0 Å². The van der Waals surface area contributed by atoms with Gasteiger partial charge in [0.05, 0.1) is 0 Å². The zero-order valence-corrected chi connectivity index (χ0v) is 13.0. The summed E-state index contributed by atoms with van der Waals surface area (Å²) in [5.41, 5.74) is 2.75. The predicted molar refractivity (Wildman–Crippen MR) is 83.2 cm³/mol. The van der Waals surface area contributed by atoms with E-state index in [0.29, 0.717) is 12.0 Å². The van der Waals surface area contributed by atoms with Crippen LogP contribution in [0.4, 0.5) is 0 Å². The lowest BCUT2D eigenvalue weighted by molar-refractivity contribution is 0.0362. The largest absolute Gasteiger partial charge is 0.487 e. The van der Waals surface area contributed by atoms with Gasteiger partial charge in [-0.3, -0.25) is 0 Å². The van der Waals surface area contributed by atoms with Crippen LogP contribution in [0.2, 0.25) is 0 Å². The molecule has 1 aliphatic heterocycles. The number of hydrogen-bond donors (Lipinski definition) is 1. The third kappa shape index (κ3) is 2.71. The van der Waals surface area contributed by atoms with Gasteiger partial charge in [-0.25, -0.2) is 0 Å². The van der Waals surface area contributed by atoms with Gasteiger partial charge in [0.25, 0.3) is 0 Å². The number of hydrogen-bond acceptors (Lipinski definition) is 2. The lowest BCUT2D eigenvalue weighted by atomic mass is 9.85. The van der Waals surface area contributed by atoms with Crippen molar-refractivity contribution >= 4 is 0 Å². The van der Waals surface area contributed by atoms with Gasteiger partial charge < -0.3 is 10.1 Å². The van der Waals surface area contributed by atoms with Gasteiger partial charge in [0.2, 0.25) is 0 Å². The van der Waals surface area contributed by atoms with Gasteiger partial charge in [-0.15, -0.1) is 0 Å². The second-order valence-corrected chi connectivity index (χ2v) is 7.09. The van der Waals surface area contributed by atoms with Crippen LogP contribution in [0.5, 0.6) is 5.75 Å². The van der Waals surface area contributed by atoms with Gasteiger partial charge >= 0.3 is 0 Å². The highest BCUT2D eigenvalue weighted by molar-refractivity contribution is 5.42. The summed E-state index contributed by atoms with van der Waals surface area (Å²) in [5.74, 6) is 1.81. The molecule has 1 aromatic carbocycles. The molecule has 110 valence electrons. The standard InChI is InChI=1S/C18H27NO/c1-13(2)12-19-16-11-18(8-4-5-9-18)20-17-10-14(3)6-7-15(16)17/h6-7,10,13,16,19H,4-5,8-9,11-12H2,1-3H3. The van der Waals surface area contributed by atoms with Gasteiger partial charge in [-0.05, 0) is 56.7 Å². The Morgan fingerprint density at radius 2 is 2.05 bits per heavy atom. The van der Waals surface area contributed by atoms with Crippen LogP contribution in [-0.4, -0.2) is 12.1 Å². The van der Waals surface area contributed by atoms with Crippen molar-refractivity contribution in [1.29, 1.82) is 0 Å². The number of rotatable bonds is 3. The maximum absolute atomic E-state index is 6.46. The molecule has 1 N–H and O–H groups in total. The lowest BCUT2D eigenvalue weighted by Gasteiger charge is -2.40. The van der Waals surface area contributed by atoms with Crippen molar-refractivity contribution in [2.45, 2.75) is 64.5 Å². The quantitative estimate of drug-likeness (QED) is 0.882. The van der Waals surface area contributed by atoms with Gasteiger partial charge in [-0.1, -0.05) is 26.0 Å². The van der Waals surface area contributed by atoms with E-state index in [9.17, 15) is 0 Å². The third-order valence-corrected chi connectivity index (χ3v) is 4.73. The predicted octanol–water partition coefficient (Wildman–Crippen LogP) is 4.38. The molecular weight excluding hydrogens is 246 g/mol. The summed E-state index contributed by atoms with van der Waals surface area (Å²) in [5, 5.41) is 3.77. The van der Waals surface area contributed by atoms with Crippen molar-refractivity contribution < 1.29 is 4.74 Å². The van der Waals surface area contributed by atoms with Crippen LogP contribution in [0.3, 0.4) is 0 Å². The maximum atomic E-state index is 6.46. The van der Waals surface area contributed by atoms with Crippen LogP contribution < -0.4 is 10.1 Å². The molecule has 3 rings (SSSR count). The molecule has 2 aliphatic rings. The Hall–Kier alpha value is -1.02. The van der Waals surface area contributed by atoms with Crippen LogP contribution in [0.15, 0.2) is 18.2 Å². The van der Waals surface area contributed by atoms with Crippen molar-refractivity contribution in [2.24, 2.45) is 5.92 Å². The Labute approximate surface area is 122 Å². The molecule has 0 aromatic heterocycles. The van der Waals surface area contributed by atoms with Gasteiger partial charge in [0.15, 0.2) is 0 Å². The molecule has 1 unspecified atom stereocenters. The van der Waals surface area contributed by atoms with Crippen molar-refractivity contribution in [3.63, 3.8) is 0 Å². The van der Waals surface area contributed by atoms with E-state index in [4.69, 9.17) is 4.74 Å². The number of ether oxygens (including phenoxy) is 1. The van der Waals surface area contributed by atoms with Crippen molar-refractivity contribution in [3.8, 4) is 5.75 Å². The van der Waals surface area contributed by atoms with Crippen LogP contribution in [0.25, 0.3) is 0 Å². The minimum absolute atomic E-state index is 0.107. The fourth-order valence-electron chi connectivity index (χ4n) is 3.66. The summed E-state index contributed by atoms with van der Waals surface area (Å²) in [7, 11) is 0. The molecule has 1 fully saturated rings. The summed E-state index contributed by atoms with van der Waals surface area (Å²) in [4.78, 5) is 0. The molecule has 20 heavy (non-hydrogen) atoms. The van der Waals surface area contributed by atoms with Crippen molar-refractivity contribution in [2.75, 3.05) is 6.54 Å². The normalized spacial score (nSPS) is 23.9. The summed E-state index contributed by atoms with van der Waals surface area (Å²) in [6.07, 6.45) is 6.21. The maximum Gasteiger partial charge on any atom is 0.125 e.